The number of rotatable bonds is 4. The van der Waals surface area contributed by atoms with Gasteiger partial charge in [-0.15, -0.1) is 0 Å². The second kappa shape index (κ2) is 6.26. The van der Waals surface area contributed by atoms with Crippen LogP contribution >= 0.6 is 12.2 Å². The highest BCUT2D eigenvalue weighted by atomic mass is 32.1. The van der Waals surface area contributed by atoms with Crippen molar-refractivity contribution in [2.24, 2.45) is 4.99 Å². The average Bonchev–Trinajstić information content (AvgIpc) is 2.93. The summed E-state index contributed by atoms with van der Waals surface area (Å²) in [5, 5.41) is 2.53. The molecule has 0 bridgehead atoms. The number of thiocarbonyl (C=S) groups is 1. The molecule has 1 aromatic rings. The molecule has 1 saturated carbocycles. The van der Waals surface area contributed by atoms with Crippen molar-refractivity contribution >= 4 is 23.1 Å². The molecule has 2 heteroatoms. The van der Waals surface area contributed by atoms with Crippen molar-refractivity contribution in [3.63, 3.8) is 0 Å². The second-order valence-electron chi connectivity index (χ2n) is 5.08. The Balaban J connectivity index is 2.47. The van der Waals surface area contributed by atoms with Crippen molar-refractivity contribution in [1.82, 2.24) is 0 Å². The van der Waals surface area contributed by atoms with Crippen LogP contribution in [-0.4, -0.2) is 5.16 Å². The predicted octanol–water partition coefficient (Wildman–Crippen LogP) is 5.20. The maximum absolute atomic E-state index is 4.77. The zero-order valence-corrected chi connectivity index (χ0v) is 12.1. The Morgan fingerprint density at radius 2 is 1.72 bits per heavy atom. The average molecular weight is 259 g/mol. The molecule has 2 rings (SSSR count). The van der Waals surface area contributed by atoms with E-state index in [9.17, 15) is 0 Å². The van der Waals surface area contributed by atoms with E-state index in [0.717, 1.165) is 24.4 Å². The van der Waals surface area contributed by atoms with Crippen LogP contribution in [0, 0.1) is 0 Å². The van der Waals surface area contributed by atoms with Gasteiger partial charge < -0.3 is 0 Å². The molecule has 0 spiro atoms. The molecule has 0 aromatic heterocycles. The van der Waals surface area contributed by atoms with E-state index in [1.807, 2.05) is 0 Å². The Hall–Kier alpha value is -0.980. The van der Waals surface area contributed by atoms with Gasteiger partial charge in [0.25, 0.3) is 0 Å². The van der Waals surface area contributed by atoms with Crippen molar-refractivity contribution in [3.8, 4) is 0 Å². The zero-order chi connectivity index (χ0) is 13.0. The highest BCUT2D eigenvalue weighted by Crippen LogP contribution is 2.37. The number of benzene rings is 1. The van der Waals surface area contributed by atoms with Crippen molar-refractivity contribution in [2.75, 3.05) is 0 Å². The highest BCUT2D eigenvalue weighted by Gasteiger charge is 2.19. The Bertz CT molecular complexity index is 441. The molecule has 0 radical (unpaired) electrons. The van der Waals surface area contributed by atoms with Crippen LogP contribution in [0.4, 0.5) is 5.69 Å². The SMILES string of the molecule is CCc1cc(C2CCCC2)cc(CC)c1N=C=S. The van der Waals surface area contributed by atoms with Crippen LogP contribution in [0.2, 0.25) is 0 Å². The minimum Gasteiger partial charge on any atom is -0.194 e. The molecule has 1 nitrogen and oxygen atoms in total. The normalized spacial score (nSPS) is 15.7. The first-order chi connectivity index (χ1) is 8.80. The topological polar surface area (TPSA) is 12.4 Å². The summed E-state index contributed by atoms with van der Waals surface area (Å²) < 4.78 is 0. The Labute approximate surface area is 115 Å². The fourth-order valence-electron chi connectivity index (χ4n) is 3.01. The first-order valence-corrected chi connectivity index (χ1v) is 7.44. The summed E-state index contributed by atoms with van der Waals surface area (Å²) in [4.78, 5) is 4.28. The molecule has 0 unspecified atom stereocenters. The van der Waals surface area contributed by atoms with Crippen LogP contribution < -0.4 is 0 Å². The molecule has 0 N–H and O–H groups in total. The molecule has 0 atom stereocenters. The first kappa shape index (κ1) is 13.5. The molecule has 1 fully saturated rings. The molecule has 1 aliphatic carbocycles. The molecule has 0 saturated heterocycles. The standard InChI is InChI=1S/C16H21NS/c1-3-12-9-15(14-7-5-6-8-14)10-13(4-2)16(12)17-11-18/h9-10,14H,3-8H2,1-2H3. The molecule has 96 valence electrons. The Morgan fingerprint density at radius 3 is 2.17 bits per heavy atom. The van der Waals surface area contributed by atoms with E-state index < -0.39 is 0 Å². The molecule has 0 aliphatic heterocycles. The van der Waals surface area contributed by atoms with E-state index in [4.69, 9.17) is 12.2 Å². The lowest BCUT2D eigenvalue weighted by Crippen LogP contribution is -1.98. The molecular formula is C16H21NS. The number of hydrogen-bond acceptors (Lipinski definition) is 2. The van der Waals surface area contributed by atoms with Gasteiger partial charge in [0.15, 0.2) is 0 Å². The fourth-order valence-corrected chi connectivity index (χ4v) is 3.10. The molecule has 18 heavy (non-hydrogen) atoms. The monoisotopic (exact) mass is 259 g/mol. The van der Waals surface area contributed by atoms with Gasteiger partial charge in [-0.2, -0.15) is 4.99 Å². The molecule has 0 heterocycles. The van der Waals surface area contributed by atoms with Crippen LogP contribution in [0.1, 0.15) is 62.1 Å². The number of hydrogen-bond donors (Lipinski definition) is 0. The zero-order valence-electron chi connectivity index (χ0n) is 11.3. The van der Waals surface area contributed by atoms with Crippen LogP contribution in [0.5, 0.6) is 0 Å². The van der Waals surface area contributed by atoms with Gasteiger partial charge in [-0.3, -0.25) is 0 Å². The van der Waals surface area contributed by atoms with Gasteiger partial charge in [0.2, 0.25) is 0 Å². The van der Waals surface area contributed by atoms with E-state index in [2.05, 4.69) is 36.1 Å². The van der Waals surface area contributed by atoms with Gasteiger partial charge in [-0.25, -0.2) is 0 Å². The third kappa shape index (κ3) is 2.71. The summed E-state index contributed by atoms with van der Waals surface area (Å²) in [5.41, 5.74) is 5.24. The molecule has 0 amide bonds. The molecule has 1 aromatic carbocycles. The first-order valence-electron chi connectivity index (χ1n) is 7.03. The summed E-state index contributed by atoms with van der Waals surface area (Å²) in [6.45, 7) is 4.38. The lowest BCUT2D eigenvalue weighted by atomic mass is 9.91. The summed E-state index contributed by atoms with van der Waals surface area (Å²) in [6.07, 6.45) is 7.50. The lowest BCUT2D eigenvalue weighted by Gasteiger charge is -2.15. The molecular weight excluding hydrogens is 238 g/mol. The van der Waals surface area contributed by atoms with E-state index in [1.165, 1.54) is 42.4 Å². The summed E-state index contributed by atoms with van der Waals surface area (Å²) in [7, 11) is 0. The van der Waals surface area contributed by atoms with Crippen LogP contribution in [0.3, 0.4) is 0 Å². The smallest absolute Gasteiger partial charge is 0.0803 e. The quantitative estimate of drug-likeness (QED) is 0.534. The number of isothiocyanates is 1. The van der Waals surface area contributed by atoms with Crippen molar-refractivity contribution in [1.29, 1.82) is 0 Å². The Kier molecular flexibility index (Phi) is 4.68. The van der Waals surface area contributed by atoms with E-state index in [1.54, 1.807) is 0 Å². The minimum absolute atomic E-state index is 0.770. The van der Waals surface area contributed by atoms with Gasteiger partial charge >= 0.3 is 0 Å². The minimum atomic E-state index is 0.770. The number of aryl methyl sites for hydroxylation is 2. The van der Waals surface area contributed by atoms with Crippen molar-refractivity contribution in [2.45, 2.75) is 58.3 Å². The van der Waals surface area contributed by atoms with E-state index >= 15 is 0 Å². The van der Waals surface area contributed by atoms with Crippen LogP contribution in [0.25, 0.3) is 0 Å². The molecule has 1 aliphatic rings. The third-order valence-electron chi connectivity index (χ3n) is 4.04. The second-order valence-corrected chi connectivity index (χ2v) is 5.26. The van der Waals surface area contributed by atoms with Gasteiger partial charge in [-0.1, -0.05) is 38.8 Å². The predicted molar refractivity (Wildman–Crippen MR) is 81.1 cm³/mol. The number of nitrogens with zero attached hydrogens (tertiary/aromatic N) is 1. The van der Waals surface area contributed by atoms with Crippen molar-refractivity contribution < 1.29 is 0 Å². The maximum Gasteiger partial charge on any atom is 0.0803 e. The number of aliphatic imine (C=N–C) groups is 1. The third-order valence-corrected chi connectivity index (χ3v) is 4.13. The fraction of sp³-hybridized carbons (Fsp3) is 0.562. The Morgan fingerprint density at radius 1 is 1.17 bits per heavy atom. The van der Waals surface area contributed by atoms with Gasteiger partial charge in [0.05, 0.1) is 10.8 Å². The van der Waals surface area contributed by atoms with E-state index in [0.29, 0.717) is 0 Å². The lowest BCUT2D eigenvalue weighted by molar-refractivity contribution is 0.720. The largest absolute Gasteiger partial charge is 0.194 e. The van der Waals surface area contributed by atoms with Crippen LogP contribution in [0.15, 0.2) is 17.1 Å². The highest BCUT2D eigenvalue weighted by molar-refractivity contribution is 7.78. The summed E-state index contributed by atoms with van der Waals surface area (Å²) >= 11 is 4.77. The van der Waals surface area contributed by atoms with Gasteiger partial charge in [0.1, 0.15) is 0 Å². The summed E-state index contributed by atoms with van der Waals surface area (Å²) in [6, 6.07) is 4.70. The van der Waals surface area contributed by atoms with E-state index in [-0.39, 0.29) is 0 Å². The van der Waals surface area contributed by atoms with Crippen LogP contribution in [-0.2, 0) is 12.8 Å². The van der Waals surface area contributed by atoms with Gasteiger partial charge in [0, 0.05) is 0 Å². The van der Waals surface area contributed by atoms with Crippen molar-refractivity contribution in [3.05, 3.63) is 28.8 Å². The maximum atomic E-state index is 4.77. The van der Waals surface area contributed by atoms with Gasteiger partial charge in [-0.05, 0) is 60.5 Å². The summed E-state index contributed by atoms with van der Waals surface area (Å²) in [5.74, 6) is 0.770.